The molecule has 2 aromatic rings. The Balaban J connectivity index is 1.80. The van der Waals surface area contributed by atoms with Crippen molar-refractivity contribution >= 4 is 46.4 Å². The number of benzene rings is 1. The van der Waals surface area contributed by atoms with Gasteiger partial charge in [0.25, 0.3) is 0 Å². The van der Waals surface area contributed by atoms with E-state index in [-0.39, 0.29) is 30.6 Å². The first kappa shape index (κ1) is 28.7. The van der Waals surface area contributed by atoms with E-state index in [4.69, 9.17) is 39.5 Å². The zero-order chi connectivity index (χ0) is 26.8. The first-order valence-electron chi connectivity index (χ1n) is 11.3. The highest BCUT2D eigenvalue weighted by molar-refractivity contribution is 6.37. The maximum absolute atomic E-state index is 13.3. The molecule has 2 heterocycles. The van der Waals surface area contributed by atoms with Gasteiger partial charge >= 0.3 is 6.18 Å². The van der Waals surface area contributed by atoms with Crippen LogP contribution >= 0.6 is 34.8 Å². The van der Waals surface area contributed by atoms with Crippen molar-refractivity contribution in [3.63, 3.8) is 0 Å². The molecule has 1 aliphatic rings. The van der Waals surface area contributed by atoms with E-state index >= 15 is 0 Å². The van der Waals surface area contributed by atoms with Gasteiger partial charge in [0.05, 0.1) is 52.7 Å². The number of nitrogens with one attached hydrogen (secondary N) is 1. The molecule has 0 aliphatic carbocycles. The largest absolute Gasteiger partial charge is 0.495 e. The molecule has 36 heavy (non-hydrogen) atoms. The molecule has 1 saturated heterocycles. The molecule has 0 radical (unpaired) electrons. The van der Waals surface area contributed by atoms with Gasteiger partial charge in [-0.25, -0.2) is 0 Å². The maximum atomic E-state index is 13.3. The molecule has 1 aromatic heterocycles. The third-order valence-electron chi connectivity index (χ3n) is 6.25. The van der Waals surface area contributed by atoms with Crippen LogP contribution in [0.4, 0.5) is 18.9 Å². The minimum atomic E-state index is -4.67. The number of carbonyl (C=O) groups excluding carboxylic acids is 1. The standard InChI is InChI=1S/C23H29Cl3F3N5O2/c1-13-21(26)22(23(27,28)29)31-34(13)11-17(30-20(35)12-32(2)3)14-5-7-33(8-6-14)18-10-19(36-4)16(25)9-15(18)24/h9-10,14,17H,5-8,11-12H2,1-4H3,(H,30,35). The smallest absolute Gasteiger partial charge is 0.436 e. The molecule has 1 aromatic carbocycles. The lowest BCUT2D eigenvalue weighted by Crippen LogP contribution is -2.49. The number of nitrogens with zero attached hydrogens (tertiary/aromatic N) is 4. The summed E-state index contributed by atoms with van der Waals surface area (Å²) in [5.74, 6) is 0.292. The van der Waals surface area contributed by atoms with Crippen LogP contribution in [0.2, 0.25) is 15.1 Å². The molecule has 1 fully saturated rings. The molecule has 3 rings (SSSR count). The number of hydrogen-bond acceptors (Lipinski definition) is 5. The Hall–Kier alpha value is -1.88. The van der Waals surface area contributed by atoms with E-state index in [9.17, 15) is 18.0 Å². The highest BCUT2D eigenvalue weighted by Crippen LogP contribution is 2.39. The molecule has 13 heteroatoms. The summed E-state index contributed by atoms with van der Waals surface area (Å²) in [7, 11) is 5.06. The second-order valence-corrected chi connectivity index (χ2v) is 10.3. The van der Waals surface area contributed by atoms with Gasteiger partial charge in [0, 0.05) is 19.2 Å². The number of ether oxygens (including phenoxy) is 1. The first-order chi connectivity index (χ1) is 16.8. The van der Waals surface area contributed by atoms with Crippen LogP contribution in [0.5, 0.6) is 5.75 Å². The van der Waals surface area contributed by atoms with Gasteiger partial charge in [0.2, 0.25) is 5.91 Å². The van der Waals surface area contributed by atoms with E-state index in [1.165, 1.54) is 18.7 Å². The summed E-state index contributed by atoms with van der Waals surface area (Å²) in [5.41, 5.74) is -0.136. The van der Waals surface area contributed by atoms with Crippen molar-refractivity contribution in [2.24, 2.45) is 5.92 Å². The quantitative estimate of drug-likeness (QED) is 0.476. The van der Waals surface area contributed by atoms with Crippen molar-refractivity contribution in [2.45, 2.75) is 38.5 Å². The van der Waals surface area contributed by atoms with E-state index in [2.05, 4.69) is 15.3 Å². The molecule has 1 N–H and O–H groups in total. The van der Waals surface area contributed by atoms with E-state index < -0.39 is 22.9 Å². The van der Waals surface area contributed by atoms with Gasteiger partial charge in [-0.3, -0.25) is 9.48 Å². The molecule has 1 unspecified atom stereocenters. The van der Waals surface area contributed by atoms with E-state index in [1.807, 2.05) is 0 Å². The summed E-state index contributed by atoms with van der Waals surface area (Å²) in [6.45, 7) is 2.97. The Bertz CT molecular complexity index is 1090. The fraction of sp³-hybridized carbons (Fsp3) is 0.565. The van der Waals surface area contributed by atoms with Crippen LogP contribution in [0.25, 0.3) is 0 Å². The molecule has 0 spiro atoms. The minimum absolute atomic E-state index is 0.00274. The van der Waals surface area contributed by atoms with Crippen LogP contribution in [-0.2, 0) is 17.5 Å². The van der Waals surface area contributed by atoms with Gasteiger partial charge in [0.1, 0.15) is 5.75 Å². The van der Waals surface area contributed by atoms with Crippen LogP contribution in [0.3, 0.4) is 0 Å². The maximum Gasteiger partial charge on any atom is 0.436 e. The van der Waals surface area contributed by atoms with E-state index in [0.717, 1.165) is 5.69 Å². The Morgan fingerprint density at radius 2 is 1.86 bits per heavy atom. The monoisotopic (exact) mass is 569 g/mol. The number of aromatic nitrogens is 2. The zero-order valence-electron chi connectivity index (χ0n) is 20.4. The van der Waals surface area contributed by atoms with Gasteiger partial charge in [-0.2, -0.15) is 18.3 Å². The Kier molecular flexibility index (Phi) is 9.30. The molecule has 200 valence electrons. The number of piperidine rings is 1. The number of alkyl halides is 3. The number of methoxy groups -OCH3 is 1. The van der Waals surface area contributed by atoms with E-state index in [0.29, 0.717) is 41.7 Å². The lowest BCUT2D eigenvalue weighted by atomic mass is 9.88. The van der Waals surface area contributed by atoms with Gasteiger partial charge < -0.3 is 19.9 Å². The number of carbonyl (C=O) groups is 1. The van der Waals surface area contributed by atoms with Crippen molar-refractivity contribution in [1.29, 1.82) is 0 Å². The SMILES string of the molecule is COc1cc(N2CCC(C(Cn3nc(C(F)(F)F)c(Cl)c3C)NC(=O)CN(C)C)CC2)c(Cl)cc1Cl. The molecular weight excluding hydrogens is 542 g/mol. The summed E-state index contributed by atoms with van der Waals surface area (Å²) in [6, 6.07) is 2.98. The van der Waals surface area contributed by atoms with Crippen LogP contribution in [0.1, 0.15) is 24.2 Å². The predicted molar refractivity (Wildman–Crippen MR) is 135 cm³/mol. The van der Waals surface area contributed by atoms with Crippen LogP contribution < -0.4 is 15.0 Å². The second kappa shape index (κ2) is 11.7. The summed E-state index contributed by atoms with van der Waals surface area (Å²) < 4.78 is 46.5. The highest BCUT2D eigenvalue weighted by atomic mass is 35.5. The molecule has 7 nitrogen and oxygen atoms in total. The van der Waals surface area contributed by atoms with Crippen molar-refractivity contribution in [3.8, 4) is 5.75 Å². The summed E-state index contributed by atoms with van der Waals surface area (Å²) in [4.78, 5) is 16.4. The summed E-state index contributed by atoms with van der Waals surface area (Å²) in [5, 5.41) is 7.22. The highest BCUT2D eigenvalue weighted by Gasteiger charge is 2.39. The number of hydrogen-bond donors (Lipinski definition) is 1. The Morgan fingerprint density at radius 3 is 2.39 bits per heavy atom. The number of halogens is 6. The fourth-order valence-electron chi connectivity index (χ4n) is 4.38. The molecule has 1 amide bonds. The fourth-order valence-corrected chi connectivity index (χ4v) is 5.20. The zero-order valence-corrected chi connectivity index (χ0v) is 22.7. The van der Waals surface area contributed by atoms with Gasteiger partial charge in [-0.15, -0.1) is 0 Å². The summed E-state index contributed by atoms with van der Waals surface area (Å²) in [6.07, 6.45) is -3.32. The normalized spacial score (nSPS) is 15.9. The van der Waals surface area contributed by atoms with Crippen LogP contribution in [0, 0.1) is 12.8 Å². The summed E-state index contributed by atoms with van der Waals surface area (Å²) >= 11 is 18.5. The third-order valence-corrected chi connectivity index (χ3v) is 7.30. The number of amides is 1. The predicted octanol–water partition coefficient (Wildman–Crippen LogP) is 5.14. The molecule has 0 bridgehead atoms. The van der Waals surface area contributed by atoms with Crippen molar-refractivity contribution in [3.05, 3.63) is 38.6 Å². The molecule has 1 aliphatic heterocycles. The molecule has 1 atom stereocenters. The first-order valence-corrected chi connectivity index (χ1v) is 12.5. The van der Waals surface area contributed by atoms with Crippen molar-refractivity contribution in [2.75, 3.05) is 45.7 Å². The lowest BCUT2D eigenvalue weighted by Gasteiger charge is -2.38. The average Bonchev–Trinajstić information content (AvgIpc) is 3.07. The van der Waals surface area contributed by atoms with Gasteiger partial charge in [-0.05, 0) is 45.8 Å². The van der Waals surface area contributed by atoms with Gasteiger partial charge in [0.15, 0.2) is 5.69 Å². The Labute approximate surface area is 223 Å². The molecular formula is C23H29Cl3F3N5O2. The second-order valence-electron chi connectivity index (χ2n) is 9.10. The number of anilines is 1. The lowest BCUT2D eigenvalue weighted by molar-refractivity contribution is -0.141. The average molecular weight is 571 g/mol. The minimum Gasteiger partial charge on any atom is -0.495 e. The van der Waals surface area contributed by atoms with Crippen molar-refractivity contribution in [1.82, 2.24) is 20.0 Å². The topological polar surface area (TPSA) is 62.6 Å². The van der Waals surface area contributed by atoms with Crippen molar-refractivity contribution < 1.29 is 22.7 Å². The number of likely N-dealkylation sites (N-methyl/N-ethyl adjacent to an activating group) is 1. The van der Waals surface area contributed by atoms with E-state index in [1.54, 1.807) is 31.1 Å². The number of rotatable bonds is 8. The van der Waals surface area contributed by atoms with Gasteiger partial charge in [-0.1, -0.05) is 34.8 Å². The third kappa shape index (κ3) is 6.70. The van der Waals surface area contributed by atoms with Crippen LogP contribution in [0.15, 0.2) is 12.1 Å². The Morgan fingerprint density at radius 1 is 1.22 bits per heavy atom. The van der Waals surface area contributed by atoms with Crippen LogP contribution in [-0.4, -0.2) is 67.5 Å². The molecule has 0 saturated carbocycles.